The van der Waals surface area contributed by atoms with Crippen LogP contribution in [0, 0.1) is 13.8 Å². The molecular formula is C18H35N4O5P. The molecule has 0 bridgehead atoms. The highest BCUT2D eigenvalue weighted by atomic mass is 31.2. The van der Waals surface area contributed by atoms with Crippen LogP contribution >= 0.6 is 8.60 Å². The molecule has 10 heteroatoms. The van der Waals surface area contributed by atoms with E-state index in [-0.39, 0.29) is 19.8 Å². The third-order valence-electron chi connectivity index (χ3n) is 4.11. The molecule has 2 heterocycles. The van der Waals surface area contributed by atoms with Crippen LogP contribution in [-0.2, 0) is 30.7 Å². The first-order valence-corrected chi connectivity index (χ1v) is 10.5. The van der Waals surface area contributed by atoms with Crippen molar-refractivity contribution in [2.75, 3.05) is 19.8 Å². The Balaban J connectivity index is 0.000000411. The summed E-state index contributed by atoms with van der Waals surface area (Å²) in [5, 5.41) is 17.4. The van der Waals surface area contributed by atoms with Gasteiger partial charge in [0.1, 0.15) is 37.9 Å². The van der Waals surface area contributed by atoms with Crippen molar-refractivity contribution in [2.24, 2.45) is 0 Å². The summed E-state index contributed by atoms with van der Waals surface area (Å²) in [7, 11) is -2.60. The van der Waals surface area contributed by atoms with Gasteiger partial charge in [-0.2, -0.15) is 8.60 Å². The van der Waals surface area contributed by atoms with Crippen LogP contribution in [0.4, 0.5) is 0 Å². The highest BCUT2D eigenvalue weighted by molar-refractivity contribution is 7.36. The maximum absolute atomic E-state index is 9.41. The minimum Gasteiger partial charge on any atom is -0.820 e. The summed E-state index contributed by atoms with van der Waals surface area (Å²) in [5.74, 6) is 2.39. The van der Waals surface area contributed by atoms with Gasteiger partial charge < -0.3 is 24.5 Å². The predicted octanol–water partition coefficient (Wildman–Crippen LogP) is -0.837. The Morgan fingerprint density at radius 3 is 1.46 bits per heavy atom. The van der Waals surface area contributed by atoms with Gasteiger partial charge in [0.2, 0.25) is 0 Å². The summed E-state index contributed by atoms with van der Waals surface area (Å²) in [6, 6.07) is 0. The van der Waals surface area contributed by atoms with Crippen molar-refractivity contribution < 1.29 is 33.7 Å². The molecule has 0 aliphatic carbocycles. The summed E-state index contributed by atoms with van der Waals surface area (Å²) >= 11 is 0. The normalized spacial score (nSPS) is 10.4. The van der Waals surface area contributed by atoms with Crippen LogP contribution in [0.25, 0.3) is 0 Å². The maximum atomic E-state index is 9.41. The van der Waals surface area contributed by atoms with Gasteiger partial charge in [-0.3, -0.25) is 0 Å². The Hall–Kier alpha value is -1.35. The van der Waals surface area contributed by atoms with Crippen molar-refractivity contribution >= 4 is 8.60 Å². The molecule has 2 N–H and O–H groups in total. The molecule has 2 rings (SSSR count). The van der Waals surface area contributed by atoms with Crippen LogP contribution in [0.5, 0.6) is 0 Å². The molecule has 0 unspecified atom stereocenters. The van der Waals surface area contributed by atoms with E-state index in [1.165, 1.54) is 11.6 Å². The summed E-state index contributed by atoms with van der Waals surface area (Å²) in [6.45, 7) is 14.0. The number of aryl methyl sites for hydroxylation is 2. The quantitative estimate of drug-likeness (QED) is 0.429. The number of imidazole rings is 2. The summed E-state index contributed by atoms with van der Waals surface area (Å²) < 4.78 is 12.4. The molecule has 2 aromatic rings. The molecule has 2 aromatic heterocycles. The van der Waals surface area contributed by atoms with Crippen LogP contribution in [0.2, 0.25) is 0 Å². The lowest BCUT2D eigenvalue weighted by atomic mass is 10.6. The fraction of sp³-hybridized carbons (Fsp3) is 0.667. The average Bonchev–Trinajstić information content (AvgIpc) is 3.19. The Morgan fingerprint density at radius 1 is 0.893 bits per heavy atom. The molecule has 0 amide bonds. The molecule has 0 saturated heterocycles. The summed E-state index contributed by atoms with van der Waals surface area (Å²) in [5.41, 5.74) is 0. The summed E-state index contributed by atoms with van der Waals surface area (Å²) in [4.78, 5) is 18.8. The van der Waals surface area contributed by atoms with Gasteiger partial charge in [-0.15, -0.1) is 0 Å². The lowest BCUT2D eigenvalue weighted by molar-refractivity contribution is -0.703. The third kappa shape index (κ3) is 9.73. The van der Waals surface area contributed by atoms with E-state index < -0.39 is 8.60 Å². The predicted molar refractivity (Wildman–Crippen MR) is 103 cm³/mol. The fourth-order valence-corrected chi connectivity index (χ4v) is 2.76. The first-order chi connectivity index (χ1) is 13.4. The molecule has 162 valence electrons. The number of aliphatic hydroxyl groups is 2. The minimum absolute atomic E-state index is 0.208. The molecule has 9 nitrogen and oxygen atoms in total. The third-order valence-corrected chi connectivity index (χ3v) is 4.58. The van der Waals surface area contributed by atoms with Crippen LogP contribution < -0.4 is 18.9 Å². The highest BCUT2D eigenvalue weighted by Crippen LogP contribution is 2.10. The van der Waals surface area contributed by atoms with E-state index in [1.807, 2.05) is 33.9 Å². The van der Waals surface area contributed by atoms with E-state index in [4.69, 9.17) is 10.2 Å². The van der Waals surface area contributed by atoms with Gasteiger partial charge in [0, 0.05) is 20.5 Å². The van der Waals surface area contributed by atoms with Gasteiger partial charge in [0.05, 0.1) is 26.3 Å². The van der Waals surface area contributed by atoms with Gasteiger partial charge in [-0.05, 0) is 20.8 Å². The summed E-state index contributed by atoms with van der Waals surface area (Å²) in [6.07, 6.45) is 8.06. The van der Waals surface area contributed by atoms with Crippen LogP contribution in [0.3, 0.4) is 0 Å². The number of aromatic nitrogens is 4. The molecule has 0 spiro atoms. The first kappa shape index (κ1) is 26.6. The molecule has 0 aliphatic heterocycles. The van der Waals surface area contributed by atoms with Gasteiger partial charge in [0.15, 0.2) is 0 Å². The van der Waals surface area contributed by atoms with Crippen LogP contribution in [0.15, 0.2) is 24.8 Å². The number of hydrogen-bond donors (Lipinski definition) is 2. The second-order valence-electron chi connectivity index (χ2n) is 5.74. The standard InChI is InChI=1S/2C8H15N2O.C2H5O3P/c2*1-3-9-4-5-10(6-7-11)8(9)2;1-2-5-6(3)4/h2*4-5,11H,3,6-7H2,1-2H3;2H2,1H3/q2*+1;-2. The lowest BCUT2D eigenvalue weighted by Gasteiger charge is -2.27. The largest absolute Gasteiger partial charge is 0.820 e. The van der Waals surface area contributed by atoms with Crippen LogP contribution in [0.1, 0.15) is 32.4 Å². The average molecular weight is 418 g/mol. The van der Waals surface area contributed by atoms with Crippen molar-refractivity contribution in [3.8, 4) is 0 Å². The zero-order chi connectivity index (χ0) is 21.5. The van der Waals surface area contributed by atoms with Gasteiger partial charge >= 0.3 is 0 Å². The first-order valence-electron chi connectivity index (χ1n) is 9.45. The number of hydrogen-bond acceptors (Lipinski definition) is 5. The Morgan fingerprint density at radius 2 is 1.29 bits per heavy atom. The fourth-order valence-electron chi connectivity index (χ4n) is 2.55. The van der Waals surface area contributed by atoms with Crippen molar-refractivity contribution in [3.05, 3.63) is 36.4 Å². The second-order valence-corrected chi connectivity index (χ2v) is 6.44. The number of aliphatic hydroxyl groups excluding tert-OH is 2. The van der Waals surface area contributed by atoms with Crippen molar-refractivity contribution in [2.45, 2.75) is 60.8 Å². The topological polar surface area (TPSA) is 113 Å². The molecule has 0 aromatic carbocycles. The van der Waals surface area contributed by atoms with E-state index in [0.717, 1.165) is 13.1 Å². The molecule has 0 atom stereocenters. The molecule has 28 heavy (non-hydrogen) atoms. The monoisotopic (exact) mass is 418 g/mol. The van der Waals surface area contributed by atoms with E-state index in [0.29, 0.717) is 13.1 Å². The van der Waals surface area contributed by atoms with Crippen molar-refractivity contribution in [1.29, 1.82) is 0 Å². The van der Waals surface area contributed by atoms with E-state index in [2.05, 4.69) is 41.4 Å². The van der Waals surface area contributed by atoms with Gasteiger partial charge in [-0.1, -0.05) is 0 Å². The van der Waals surface area contributed by atoms with E-state index >= 15 is 0 Å². The SMILES string of the molecule is CCOP([O-])[O-].CCn1cc[n+](CCO)c1C.CCn1cc[n+](CCO)c1C. The number of rotatable bonds is 8. The maximum Gasteiger partial charge on any atom is 0.253 e. The minimum atomic E-state index is -2.60. The second kappa shape index (κ2) is 15.6. The van der Waals surface area contributed by atoms with Gasteiger partial charge in [0.25, 0.3) is 11.6 Å². The molecular weight excluding hydrogens is 383 g/mol. The Labute approximate surface area is 169 Å². The van der Waals surface area contributed by atoms with Crippen molar-refractivity contribution in [3.63, 3.8) is 0 Å². The molecule has 0 saturated carbocycles. The smallest absolute Gasteiger partial charge is 0.253 e. The number of nitrogens with zero attached hydrogens (tertiary/aromatic N) is 4. The zero-order valence-electron chi connectivity index (χ0n) is 17.6. The van der Waals surface area contributed by atoms with E-state index in [9.17, 15) is 9.79 Å². The Bertz CT molecular complexity index is 596. The molecule has 0 fully saturated rings. The van der Waals surface area contributed by atoms with Gasteiger partial charge in [-0.25, -0.2) is 18.3 Å². The van der Waals surface area contributed by atoms with Crippen molar-refractivity contribution in [1.82, 2.24) is 9.13 Å². The van der Waals surface area contributed by atoms with Crippen LogP contribution in [-0.4, -0.2) is 39.2 Å². The Kier molecular flexibility index (Phi) is 14.8. The molecule has 0 aliphatic rings. The zero-order valence-corrected chi connectivity index (χ0v) is 18.5. The van der Waals surface area contributed by atoms with E-state index in [1.54, 1.807) is 6.92 Å². The lowest BCUT2D eigenvalue weighted by Crippen LogP contribution is -2.37. The molecule has 0 radical (unpaired) electrons. The highest BCUT2D eigenvalue weighted by Gasteiger charge is 2.09.